The van der Waals surface area contributed by atoms with Crippen molar-refractivity contribution in [2.45, 2.75) is 20.4 Å². The van der Waals surface area contributed by atoms with Crippen LogP contribution >= 0.6 is 11.3 Å². The van der Waals surface area contributed by atoms with E-state index in [0.717, 1.165) is 18.3 Å². The van der Waals surface area contributed by atoms with Crippen molar-refractivity contribution in [2.24, 2.45) is 5.92 Å². The summed E-state index contributed by atoms with van der Waals surface area (Å²) in [6, 6.07) is 0. The van der Waals surface area contributed by atoms with Crippen molar-refractivity contribution >= 4 is 11.3 Å². The summed E-state index contributed by atoms with van der Waals surface area (Å²) in [5, 5.41) is 4.09. The third kappa shape index (κ3) is 3.74. The van der Waals surface area contributed by atoms with Gasteiger partial charge < -0.3 is 10.1 Å². The Morgan fingerprint density at radius 2 is 2.38 bits per heavy atom. The molecule has 0 radical (unpaired) electrons. The largest absolute Gasteiger partial charge is 0.473 e. The van der Waals surface area contributed by atoms with E-state index in [1.165, 1.54) is 4.88 Å². The smallest absolute Gasteiger partial charge is 0.273 e. The van der Waals surface area contributed by atoms with Gasteiger partial charge in [0.1, 0.15) is 0 Å². The number of hydrogen-bond donors (Lipinski definition) is 1. The van der Waals surface area contributed by atoms with E-state index in [-0.39, 0.29) is 0 Å². The third-order valence-corrected chi connectivity index (χ3v) is 2.52. The van der Waals surface area contributed by atoms with Gasteiger partial charge in [0, 0.05) is 17.6 Å². The molecule has 0 fully saturated rings. The molecule has 0 bridgehead atoms. The van der Waals surface area contributed by atoms with E-state index in [0.29, 0.717) is 5.92 Å². The van der Waals surface area contributed by atoms with Crippen molar-refractivity contribution in [1.82, 2.24) is 10.3 Å². The average molecular weight is 200 g/mol. The molecule has 0 aliphatic heterocycles. The first-order valence-corrected chi connectivity index (χ1v) is 5.23. The van der Waals surface area contributed by atoms with Crippen molar-refractivity contribution in [3.8, 4) is 5.19 Å². The highest BCUT2D eigenvalue weighted by atomic mass is 32.1. The van der Waals surface area contributed by atoms with Gasteiger partial charge in [0.15, 0.2) is 0 Å². The fraction of sp³-hybridized carbons (Fsp3) is 0.667. The van der Waals surface area contributed by atoms with Crippen LogP contribution in [0.1, 0.15) is 18.7 Å². The first-order chi connectivity index (χ1) is 6.22. The molecule has 74 valence electrons. The van der Waals surface area contributed by atoms with Crippen LogP contribution in [0.3, 0.4) is 0 Å². The maximum Gasteiger partial charge on any atom is 0.273 e. The number of nitrogens with one attached hydrogen (secondary N) is 1. The minimum absolute atomic E-state index is 0.690. The molecule has 0 aromatic carbocycles. The molecule has 1 aromatic rings. The van der Waals surface area contributed by atoms with Gasteiger partial charge in [0.05, 0.1) is 7.11 Å². The molecule has 1 heterocycles. The summed E-state index contributed by atoms with van der Waals surface area (Å²) in [6.07, 6.45) is 1.86. The van der Waals surface area contributed by atoms with Gasteiger partial charge in [-0.1, -0.05) is 25.2 Å². The molecule has 0 atom stereocenters. The number of methoxy groups -OCH3 is 1. The highest BCUT2D eigenvalue weighted by Gasteiger charge is 2.00. The first kappa shape index (κ1) is 10.5. The SMILES string of the molecule is COc1ncc(CNCC(C)C)s1. The number of aromatic nitrogens is 1. The van der Waals surface area contributed by atoms with Gasteiger partial charge >= 0.3 is 0 Å². The van der Waals surface area contributed by atoms with Crippen molar-refractivity contribution in [3.63, 3.8) is 0 Å². The molecular weight excluding hydrogens is 184 g/mol. The highest BCUT2D eigenvalue weighted by Crippen LogP contribution is 2.19. The van der Waals surface area contributed by atoms with Gasteiger partial charge in [0.25, 0.3) is 5.19 Å². The second-order valence-corrected chi connectivity index (χ2v) is 4.40. The summed E-state index contributed by atoms with van der Waals surface area (Å²) < 4.78 is 5.00. The van der Waals surface area contributed by atoms with Crippen LogP contribution in [0, 0.1) is 5.92 Å². The number of rotatable bonds is 5. The molecular formula is C9H16N2OS. The number of thiazole rings is 1. The maximum atomic E-state index is 5.00. The molecule has 0 aliphatic rings. The first-order valence-electron chi connectivity index (χ1n) is 4.41. The van der Waals surface area contributed by atoms with Gasteiger partial charge in [-0.15, -0.1) is 0 Å². The lowest BCUT2D eigenvalue weighted by Gasteiger charge is -2.04. The van der Waals surface area contributed by atoms with Gasteiger partial charge in [-0.05, 0) is 12.5 Å². The summed E-state index contributed by atoms with van der Waals surface area (Å²) in [5.74, 6) is 0.690. The molecule has 13 heavy (non-hydrogen) atoms. The Bertz CT molecular complexity index is 248. The molecule has 4 heteroatoms. The quantitative estimate of drug-likeness (QED) is 0.788. The Kier molecular flexibility index (Phi) is 4.18. The Labute approximate surface area is 83.1 Å². The van der Waals surface area contributed by atoms with Crippen LogP contribution in [-0.2, 0) is 6.54 Å². The molecule has 0 saturated heterocycles. The summed E-state index contributed by atoms with van der Waals surface area (Å²) >= 11 is 1.59. The van der Waals surface area contributed by atoms with E-state index in [2.05, 4.69) is 24.1 Å². The zero-order chi connectivity index (χ0) is 9.68. The topological polar surface area (TPSA) is 34.1 Å². The zero-order valence-corrected chi connectivity index (χ0v) is 9.15. The van der Waals surface area contributed by atoms with Gasteiger partial charge in [-0.3, -0.25) is 0 Å². The predicted molar refractivity (Wildman–Crippen MR) is 55.2 cm³/mol. The normalized spacial score (nSPS) is 10.8. The van der Waals surface area contributed by atoms with Gasteiger partial charge in [0.2, 0.25) is 0 Å². The lowest BCUT2D eigenvalue weighted by molar-refractivity contribution is 0.412. The lowest BCUT2D eigenvalue weighted by atomic mass is 10.2. The molecule has 0 unspecified atom stereocenters. The van der Waals surface area contributed by atoms with Crippen molar-refractivity contribution in [3.05, 3.63) is 11.1 Å². The van der Waals surface area contributed by atoms with E-state index >= 15 is 0 Å². The Morgan fingerprint density at radius 1 is 1.62 bits per heavy atom. The minimum Gasteiger partial charge on any atom is -0.473 e. The highest BCUT2D eigenvalue weighted by molar-refractivity contribution is 7.13. The fourth-order valence-electron chi connectivity index (χ4n) is 0.950. The van der Waals surface area contributed by atoms with Gasteiger partial charge in [-0.25, -0.2) is 4.98 Å². The summed E-state index contributed by atoms with van der Waals surface area (Å²) in [4.78, 5) is 5.31. The second kappa shape index (κ2) is 5.19. The lowest BCUT2D eigenvalue weighted by Crippen LogP contribution is -2.18. The second-order valence-electron chi connectivity index (χ2n) is 3.32. The standard InChI is InChI=1S/C9H16N2OS/c1-7(2)4-10-5-8-6-11-9(12-3)13-8/h6-7,10H,4-5H2,1-3H3. The molecule has 0 spiro atoms. The van der Waals surface area contributed by atoms with Crippen molar-refractivity contribution in [2.75, 3.05) is 13.7 Å². The molecule has 1 N–H and O–H groups in total. The summed E-state index contributed by atoms with van der Waals surface area (Å²) in [5.41, 5.74) is 0. The monoisotopic (exact) mass is 200 g/mol. The van der Waals surface area contributed by atoms with E-state index in [1.807, 2.05) is 6.20 Å². The van der Waals surface area contributed by atoms with Crippen LogP contribution < -0.4 is 10.1 Å². The van der Waals surface area contributed by atoms with E-state index in [1.54, 1.807) is 18.4 Å². The summed E-state index contributed by atoms with van der Waals surface area (Å²) in [7, 11) is 1.64. The Balaban J connectivity index is 2.28. The van der Waals surface area contributed by atoms with E-state index in [9.17, 15) is 0 Å². The molecule has 0 saturated carbocycles. The van der Waals surface area contributed by atoms with Gasteiger partial charge in [-0.2, -0.15) is 0 Å². The number of hydrogen-bond acceptors (Lipinski definition) is 4. The van der Waals surface area contributed by atoms with Crippen LogP contribution in [0.25, 0.3) is 0 Å². The van der Waals surface area contributed by atoms with Crippen LogP contribution in [0.4, 0.5) is 0 Å². The van der Waals surface area contributed by atoms with Crippen LogP contribution in [-0.4, -0.2) is 18.6 Å². The summed E-state index contributed by atoms with van der Waals surface area (Å²) in [6.45, 7) is 6.32. The zero-order valence-electron chi connectivity index (χ0n) is 8.33. The number of ether oxygens (including phenoxy) is 1. The maximum absolute atomic E-state index is 5.00. The Hall–Kier alpha value is -0.610. The molecule has 0 aliphatic carbocycles. The van der Waals surface area contributed by atoms with E-state index < -0.39 is 0 Å². The molecule has 0 amide bonds. The third-order valence-electron chi connectivity index (χ3n) is 1.56. The van der Waals surface area contributed by atoms with Crippen LogP contribution in [0.15, 0.2) is 6.20 Å². The fourth-order valence-corrected chi connectivity index (χ4v) is 1.64. The minimum atomic E-state index is 0.690. The molecule has 1 aromatic heterocycles. The number of nitrogens with zero attached hydrogens (tertiary/aromatic N) is 1. The Morgan fingerprint density at radius 3 is 2.92 bits per heavy atom. The van der Waals surface area contributed by atoms with Crippen molar-refractivity contribution in [1.29, 1.82) is 0 Å². The molecule has 3 nitrogen and oxygen atoms in total. The average Bonchev–Trinajstić information content (AvgIpc) is 2.52. The van der Waals surface area contributed by atoms with E-state index in [4.69, 9.17) is 4.74 Å². The molecule has 1 rings (SSSR count). The predicted octanol–water partition coefficient (Wildman–Crippen LogP) is 1.90. The van der Waals surface area contributed by atoms with Crippen LogP contribution in [0.5, 0.6) is 5.19 Å². The van der Waals surface area contributed by atoms with Crippen LogP contribution in [0.2, 0.25) is 0 Å². The van der Waals surface area contributed by atoms with Crippen molar-refractivity contribution < 1.29 is 4.74 Å².